The zero-order valence-corrected chi connectivity index (χ0v) is 15.1. The lowest BCUT2D eigenvalue weighted by atomic mass is 9.75. The van der Waals surface area contributed by atoms with E-state index in [0.717, 1.165) is 30.5 Å². The number of halogens is 2. The molecule has 0 unspecified atom stereocenters. The number of nitrogens with one attached hydrogen (secondary N) is 1. The van der Waals surface area contributed by atoms with E-state index >= 15 is 0 Å². The van der Waals surface area contributed by atoms with Crippen LogP contribution in [-0.4, -0.2) is 43.6 Å². The molecule has 1 N–H and O–H groups in total. The van der Waals surface area contributed by atoms with Crippen molar-refractivity contribution in [1.82, 2.24) is 10.2 Å². The molecular weight excluding hydrogens is 338 g/mol. The zero-order valence-electron chi connectivity index (χ0n) is 15.1. The predicted octanol–water partition coefficient (Wildman–Crippen LogP) is 3.46. The number of hydrogen-bond acceptors (Lipinski definition) is 3. The van der Waals surface area contributed by atoms with Gasteiger partial charge in [-0.25, -0.2) is 0 Å². The Balaban J connectivity index is 1.35. The Bertz CT molecular complexity index is 580. The quantitative estimate of drug-likeness (QED) is 0.804. The minimum atomic E-state index is -2.81. The van der Waals surface area contributed by atoms with Gasteiger partial charge in [-0.05, 0) is 55.3 Å². The highest BCUT2D eigenvalue weighted by atomic mass is 19.3. The van der Waals surface area contributed by atoms with E-state index in [-0.39, 0.29) is 11.7 Å². The van der Waals surface area contributed by atoms with Gasteiger partial charge in [0.2, 0.25) is 5.91 Å². The van der Waals surface area contributed by atoms with Crippen LogP contribution in [0.4, 0.5) is 8.78 Å². The molecule has 144 valence electrons. The minimum Gasteiger partial charge on any atom is -0.435 e. The highest BCUT2D eigenvalue weighted by Gasteiger charge is 2.31. The second-order valence-electron chi connectivity index (χ2n) is 7.45. The van der Waals surface area contributed by atoms with E-state index in [1.165, 1.54) is 44.2 Å². The number of amides is 1. The molecule has 0 aromatic heterocycles. The molecule has 1 heterocycles. The van der Waals surface area contributed by atoms with Crippen LogP contribution in [0.5, 0.6) is 5.75 Å². The van der Waals surface area contributed by atoms with Crippen LogP contribution in [0.3, 0.4) is 0 Å². The molecule has 2 fully saturated rings. The topological polar surface area (TPSA) is 41.6 Å². The average molecular weight is 366 g/mol. The van der Waals surface area contributed by atoms with Gasteiger partial charge in [0.1, 0.15) is 5.75 Å². The molecule has 1 aliphatic heterocycles. The number of ether oxygens (including phenoxy) is 1. The lowest BCUT2D eigenvalue weighted by Crippen LogP contribution is -2.46. The van der Waals surface area contributed by atoms with Crippen LogP contribution in [0.1, 0.15) is 37.7 Å². The van der Waals surface area contributed by atoms with Gasteiger partial charge < -0.3 is 10.1 Å². The number of rotatable bonds is 7. The van der Waals surface area contributed by atoms with E-state index in [1.807, 2.05) is 0 Å². The van der Waals surface area contributed by atoms with Crippen LogP contribution >= 0.6 is 0 Å². The molecule has 0 bridgehead atoms. The van der Waals surface area contributed by atoms with E-state index in [4.69, 9.17) is 0 Å². The van der Waals surface area contributed by atoms with Crippen LogP contribution in [0, 0.1) is 11.8 Å². The summed E-state index contributed by atoms with van der Waals surface area (Å²) in [6, 6.07) is 6.55. The van der Waals surface area contributed by atoms with Crippen molar-refractivity contribution in [3.8, 4) is 5.75 Å². The van der Waals surface area contributed by atoms with Crippen molar-refractivity contribution in [2.24, 2.45) is 11.8 Å². The Morgan fingerprint density at radius 1 is 1.15 bits per heavy atom. The average Bonchev–Trinajstić information content (AvgIpc) is 2.62. The first-order chi connectivity index (χ1) is 12.6. The van der Waals surface area contributed by atoms with Gasteiger partial charge in [-0.15, -0.1) is 0 Å². The number of likely N-dealkylation sites (tertiary alicyclic amines) is 1. The Labute approximate surface area is 153 Å². The molecule has 0 radical (unpaired) electrons. The second kappa shape index (κ2) is 9.31. The van der Waals surface area contributed by atoms with E-state index in [9.17, 15) is 13.6 Å². The van der Waals surface area contributed by atoms with Gasteiger partial charge in [0, 0.05) is 13.1 Å². The summed E-state index contributed by atoms with van der Waals surface area (Å²) in [5, 5.41) is 2.97. The zero-order chi connectivity index (χ0) is 18.4. The van der Waals surface area contributed by atoms with E-state index in [2.05, 4.69) is 15.0 Å². The highest BCUT2D eigenvalue weighted by Crippen LogP contribution is 2.35. The lowest BCUT2D eigenvalue weighted by molar-refractivity contribution is -0.123. The van der Waals surface area contributed by atoms with Gasteiger partial charge in [0.05, 0.1) is 6.54 Å². The van der Waals surface area contributed by atoms with E-state index in [0.29, 0.717) is 19.5 Å². The van der Waals surface area contributed by atoms with Crippen molar-refractivity contribution in [1.29, 1.82) is 0 Å². The van der Waals surface area contributed by atoms with Crippen molar-refractivity contribution >= 4 is 5.91 Å². The van der Waals surface area contributed by atoms with Gasteiger partial charge in [-0.1, -0.05) is 31.4 Å². The van der Waals surface area contributed by atoms with Crippen LogP contribution in [0.15, 0.2) is 24.3 Å². The Morgan fingerprint density at radius 3 is 2.62 bits per heavy atom. The van der Waals surface area contributed by atoms with Crippen LogP contribution in [0.25, 0.3) is 0 Å². The van der Waals surface area contributed by atoms with Gasteiger partial charge >= 0.3 is 6.61 Å². The maximum Gasteiger partial charge on any atom is 0.387 e. The van der Waals surface area contributed by atoms with Crippen LogP contribution in [-0.2, 0) is 11.2 Å². The third kappa shape index (κ3) is 5.66. The van der Waals surface area contributed by atoms with Crippen LogP contribution < -0.4 is 10.1 Å². The lowest BCUT2D eigenvalue weighted by Gasteiger charge is -2.41. The number of fused-ring (bicyclic) bond motifs is 1. The van der Waals surface area contributed by atoms with Crippen molar-refractivity contribution in [2.45, 2.75) is 45.1 Å². The van der Waals surface area contributed by atoms with Gasteiger partial charge in [0.15, 0.2) is 0 Å². The summed E-state index contributed by atoms with van der Waals surface area (Å²) < 4.78 is 28.6. The molecule has 0 spiro atoms. The smallest absolute Gasteiger partial charge is 0.387 e. The van der Waals surface area contributed by atoms with Crippen LogP contribution in [0.2, 0.25) is 0 Å². The van der Waals surface area contributed by atoms with E-state index in [1.54, 1.807) is 12.1 Å². The first-order valence-corrected chi connectivity index (χ1v) is 9.63. The summed E-state index contributed by atoms with van der Waals surface area (Å²) in [4.78, 5) is 14.5. The molecule has 3 rings (SSSR count). The summed E-state index contributed by atoms with van der Waals surface area (Å²) in [5.41, 5.74) is 0.981. The van der Waals surface area contributed by atoms with Crippen molar-refractivity contribution in [3.05, 3.63) is 29.8 Å². The van der Waals surface area contributed by atoms with Gasteiger partial charge in [-0.2, -0.15) is 8.78 Å². The molecule has 2 atom stereocenters. The summed E-state index contributed by atoms with van der Waals surface area (Å²) in [7, 11) is 0. The second-order valence-corrected chi connectivity index (χ2v) is 7.45. The molecule has 4 nitrogen and oxygen atoms in total. The molecule has 6 heteroatoms. The highest BCUT2D eigenvalue weighted by molar-refractivity contribution is 5.78. The molecule has 1 aliphatic carbocycles. The maximum absolute atomic E-state index is 12.2. The van der Waals surface area contributed by atoms with E-state index < -0.39 is 6.61 Å². The monoisotopic (exact) mass is 366 g/mol. The summed E-state index contributed by atoms with van der Waals surface area (Å²) >= 11 is 0. The van der Waals surface area contributed by atoms with Gasteiger partial charge in [0.25, 0.3) is 0 Å². The molecule has 1 aromatic carbocycles. The third-order valence-corrected chi connectivity index (χ3v) is 5.63. The number of nitrogens with zero attached hydrogens (tertiary/aromatic N) is 1. The molecule has 1 saturated heterocycles. The first-order valence-electron chi connectivity index (χ1n) is 9.63. The number of carbonyl (C=O) groups is 1. The fourth-order valence-corrected chi connectivity index (χ4v) is 4.26. The maximum atomic E-state index is 12.2. The largest absolute Gasteiger partial charge is 0.435 e. The summed E-state index contributed by atoms with van der Waals surface area (Å²) in [6.45, 7) is 0.306. The standard InChI is InChI=1S/C20H28F2N2O2/c21-20(22)26-18-7-5-15(6-8-18)9-11-23-19(25)14-24-12-10-16-3-1-2-4-17(16)13-24/h5-8,16-17,20H,1-4,9-14H2,(H,23,25)/t16-,17+/m0/s1. The molecule has 2 aliphatic rings. The molecule has 26 heavy (non-hydrogen) atoms. The molecule has 1 aromatic rings. The molecule has 1 saturated carbocycles. The Morgan fingerprint density at radius 2 is 1.88 bits per heavy atom. The number of carbonyl (C=O) groups excluding carboxylic acids is 1. The fraction of sp³-hybridized carbons (Fsp3) is 0.650. The van der Waals surface area contributed by atoms with Crippen molar-refractivity contribution in [2.75, 3.05) is 26.2 Å². The first kappa shape index (κ1) is 19.1. The van der Waals surface area contributed by atoms with Crippen molar-refractivity contribution in [3.63, 3.8) is 0 Å². The number of benzene rings is 1. The number of alkyl halides is 2. The third-order valence-electron chi connectivity index (χ3n) is 5.63. The Hall–Kier alpha value is -1.69. The minimum absolute atomic E-state index is 0.0666. The predicted molar refractivity (Wildman–Crippen MR) is 96.3 cm³/mol. The van der Waals surface area contributed by atoms with Gasteiger partial charge in [-0.3, -0.25) is 9.69 Å². The van der Waals surface area contributed by atoms with Crippen molar-refractivity contribution < 1.29 is 18.3 Å². The molecule has 1 amide bonds. The normalized spacial score (nSPS) is 23.5. The summed E-state index contributed by atoms with van der Waals surface area (Å²) in [5.74, 6) is 1.87. The summed E-state index contributed by atoms with van der Waals surface area (Å²) in [6.07, 6.45) is 7.29. The number of hydrogen-bond donors (Lipinski definition) is 1. The molecular formula is C20H28F2N2O2. The Kier molecular flexibility index (Phi) is 6.83. The SMILES string of the molecule is O=C(CN1CC[C@@H]2CCCC[C@@H]2C1)NCCc1ccc(OC(F)F)cc1. The number of piperidine rings is 1. The fourth-order valence-electron chi connectivity index (χ4n) is 4.26.